The minimum atomic E-state index is 0.321. The van der Waals surface area contributed by atoms with Crippen molar-refractivity contribution in [1.29, 1.82) is 0 Å². The van der Waals surface area contributed by atoms with Crippen LogP contribution < -0.4 is 0 Å². The summed E-state index contributed by atoms with van der Waals surface area (Å²) in [6, 6.07) is 0. The molecule has 3 heteroatoms. The summed E-state index contributed by atoms with van der Waals surface area (Å²) < 4.78 is 15.1. The Balaban J connectivity index is 2.37. The topological polar surface area (TPSA) is 27.7 Å². The maximum atomic E-state index is 5.26. The zero-order valence-corrected chi connectivity index (χ0v) is 7.50. The SMILES string of the molecule is COCOC1=CC=C(OC)CC1. The molecule has 0 saturated carbocycles. The van der Waals surface area contributed by atoms with Gasteiger partial charge in [0.2, 0.25) is 0 Å². The molecule has 0 aromatic rings. The monoisotopic (exact) mass is 170 g/mol. The number of ether oxygens (including phenoxy) is 3. The third-order valence-corrected chi connectivity index (χ3v) is 1.70. The second kappa shape index (κ2) is 4.83. The molecule has 0 radical (unpaired) electrons. The fraction of sp³-hybridized carbons (Fsp3) is 0.556. The largest absolute Gasteiger partial charge is 0.501 e. The molecule has 68 valence electrons. The summed E-state index contributed by atoms with van der Waals surface area (Å²) in [5, 5.41) is 0. The molecule has 1 aliphatic carbocycles. The Kier molecular flexibility index (Phi) is 3.67. The van der Waals surface area contributed by atoms with Gasteiger partial charge in [-0.15, -0.1) is 0 Å². The molecule has 12 heavy (non-hydrogen) atoms. The van der Waals surface area contributed by atoms with Crippen LogP contribution in [0, 0.1) is 0 Å². The predicted octanol–water partition coefficient (Wildman–Crippen LogP) is 1.81. The van der Waals surface area contributed by atoms with Crippen molar-refractivity contribution in [2.45, 2.75) is 12.8 Å². The Bertz CT molecular complexity index is 194. The van der Waals surface area contributed by atoms with Crippen molar-refractivity contribution in [3.63, 3.8) is 0 Å². The molecule has 3 nitrogen and oxygen atoms in total. The zero-order chi connectivity index (χ0) is 8.81. The summed E-state index contributed by atoms with van der Waals surface area (Å²) in [4.78, 5) is 0. The molecule has 0 amide bonds. The van der Waals surface area contributed by atoms with Gasteiger partial charge in [-0.1, -0.05) is 0 Å². The van der Waals surface area contributed by atoms with Crippen molar-refractivity contribution in [3.05, 3.63) is 23.7 Å². The van der Waals surface area contributed by atoms with Gasteiger partial charge in [0.15, 0.2) is 6.79 Å². The Morgan fingerprint density at radius 1 is 1.17 bits per heavy atom. The smallest absolute Gasteiger partial charge is 0.188 e. The van der Waals surface area contributed by atoms with E-state index in [0.29, 0.717) is 6.79 Å². The second-order valence-electron chi connectivity index (χ2n) is 2.52. The van der Waals surface area contributed by atoms with Crippen LogP contribution in [-0.2, 0) is 14.2 Å². The fourth-order valence-corrected chi connectivity index (χ4v) is 1.02. The van der Waals surface area contributed by atoms with E-state index < -0.39 is 0 Å². The molecule has 0 bridgehead atoms. The standard InChI is InChI=1S/C9H14O3/c1-10-7-12-9-5-3-8(11-2)4-6-9/h3,5H,4,6-7H2,1-2H3. The van der Waals surface area contributed by atoms with Crippen LogP contribution in [0.5, 0.6) is 0 Å². The predicted molar refractivity (Wildman–Crippen MR) is 45.4 cm³/mol. The van der Waals surface area contributed by atoms with E-state index in [4.69, 9.17) is 14.2 Å². The van der Waals surface area contributed by atoms with E-state index >= 15 is 0 Å². The first-order valence-corrected chi connectivity index (χ1v) is 3.92. The summed E-state index contributed by atoms with van der Waals surface area (Å²) in [5.41, 5.74) is 0. The van der Waals surface area contributed by atoms with E-state index in [2.05, 4.69) is 0 Å². The highest BCUT2D eigenvalue weighted by Gasteiger charge is 2.06. The minimum Gasteiger partial charge on any atom is -0.501 e. The molecule has 1 rings (SSSR count). The van der Waals surface area contributed by atoms with Gasteiger partial charge in [0.25, 0.3) is 0 Å². The van der Waals surface area contributed by atoms with Crippen LogP contribution in [0.25, 0.3) is 0 Å². The first-order valence-electron chi connectivity index (χ1n) is 3.92. The summed E-state index contributed by atoms with van der Waals surface area (Å²) in [6.07, 6.45) is 5.64. The van der Waals surface area contributed by atoms with E-state index in [1.165, 1.54) is 0 Å². The molecule has 0 aliphatic heterocycles. The molecular formula is C9H14O3. The van der Waals surface area contributed by atoms with Crippen molar-refractivity contribution in [2.24, 2.45) is 0 Å². The van der Waals surface area contributed by atoms with Crippen LogP contribution in [0.15, 0.2) is 23.7 Å². The number of allylic oxidation sites excluding steroid dienone is 4. The van der Waals surface area contributed by atoms with Crippen LogP contribution >= 0.6 is 0 Å². The van der Waals surface area contributed by atoms with Gasteiger partial charge in [-0.05, 0) is 12.2 Å². The zero-order valence-electron chi connectivity index (χ0n) is 7.50. The van der Waals surface area contributed by atoms with Gasteiger partial charge in [0.1, 0.15) is 0 Å². The van der Waals surface area contributed by atoms with Gasteiger partial charge in [-0.3, -0.25) is 0 Å². The van der Waals surface area contributed by atoms with E-state index in [-0.39, 0.29) is 0 Å². The van der Waals surface area contributed by atoms with Gasteiger partial charge in [-0.25, -0.2) is 0 Å². The van der Waals surface area contributed by atoms with E-state index in [0.717, 1.165) is 24.4 Å². The van der Waals surface area contributed by atoms with Crippen LogP contribution in [0.4, 0.5) is 0 Å². The Morgan fingerprint density at radius 2 is 1.83 bits per heavy atom. The number of methoxy groups -OCH3 is 2. The Morgan fingerprint density at radius 3 is 2.33 bits per heavy atom. The lowest BCUT2D eigenvalue weighted by atomic mass is 10.1. The van der Waals surface area contributed by atoms with Crippen molar-refractivity contribution in [2.75, 3.05) is 21.0 Å². The van der Waals surface area contributed by atoms with Crippen LogP contribution in [0.2, 0.25) is 0 Å². The van der Waals surface area contributed by atoms with Crippen molar-refractivity contribution < 1.29 is 14.2 Å². The highest BCUT2D eigenvalue weighted by atomic mass is 16.7. The molecular weight excluding hydrogens is 156 g/mol. The third-order valence-electron chi connectivity index (χ3n) is 1.70. The maximum Gasteiger partial charge on any atom is 0.188 e. The molecule has 0 saturated heterocycles. The summed E-state index contributed by atoms with van der Waals surface area (Å²) in [5.74, 6) is 1.96. The molecule has 0 unspecified atom stereocenters. The Labute approximate surface area is 72.6 Å². The van der Waals surface area contributed by atoms with Gasteiger partial charge >= 0.3 is 0 Å². The van der Waals surface area contributed by atoms with Gasteiger partial charge in [0.05, 0.1) is 18.6 Å². The maximum absolute atomic E-state index is 5.26. The van der Waals surface area contributed by atoms with Crippen LogP contribution in [0.3, 0.4) is 0 Å². The number of hydrogen-bond donors (Lipinski definition) is 0. The molecule has 0 aromatic heterocycles. The molecule has 0 fully saturated rings. The highest BCUT2D eigenvalue weighted by molar-refractivity contribution is 5.17. The lowest BCUT2D eigenvalue weighted by Crippen LogP contribution is -2.01. The van der Waals surface area contributed by atoms with Gasteiger partial charge < -0.3 is 14.2 Å². The minimum absolute atomic E-state index is 0.321. The number of rotatable bonds is 4. The molecule has 0 aromatic carbocycles. The average Bonchev–Trinajstić information content (AvgIpc) is 2.15. The molecule has 0 heterocycles. The van der Waals surface area contributed by atoms with E-state index in [1.807, 2.05) is 12.2 Å². The van der Waals surface area contributed by atoms with Crippen molar-refractivity contribution in [1.82, 2.24) is 0 Å². The summed E-state index contributed by atoms with van der Waals surface area (Å²) >= 11 is 0. The van der Waals surface area contributed by atoms with E-state index in [9.17, 15) is 0 Å². The van der Waals surface area contributed by atoms with Crippen molar-refractivity contribution >= 4 is 0 Å². The summed E-state index contributed by atoms with van der Waals surface area (Å²) in [6.45, 7) is 0.321. The molecule has 0 atom stereocenters. The Hall–Kier alpha value is -0.960. The normalized spacial score (nSPS) is 16.5. The third kappa shape index (κ3) is 2.58. The molecule has 0 spiro atoms. The molecule has 0 N–H and O–H groups in total. The second-order valence-corrected chi connectivity index (χ2v) is 2.52. The van der Waals surface area contributed by atoms with Crippen molar-refractivity contribution in [3.8, 4) is 0 Å². The lowest BCUT2D eigenvalue weighted by molar-refractivity contribution is 0.00161. The number of hydrogen-bond acceptors (Lipinski definition) is 3. The molecule has 1 aliphatic rings. The van der Waals surface area contributed by atoms with E-state index in [1.54, 1.807) is 14.2 Å². The van der Waals surface area contributed by atoms with Crippen LogP contribution in [0.1, 0.15) is 12.8 Å². The first kappa shape index (κ1) is 9.13. The highest BCUT2D eigenvalue weighted by Crippen LogP contribution is 2.18. The summed E-state index contributed by atoms with van der Waals surface area (Å²) in [7, 11) is 3.29. The van der Waals surface area contributed by atoms with Crippen LogP contribution in [-0.4, -0.2) is 21.0 Å². The first-order chi connectivity index (χ1) is 5.86. The van der Waals surface area contributed by atoms with Gasteiger partial charge in [0, 0.05) is 20.0 Å². The quantitative estimate of drug-likeness (QED) is 0.602. The van der Waals surface area contributed by atoms with Gasteiger partial charge in [-0.2, -0.15) is 0 Å². The average molecular weight is 170 g/mol. The lowest BCUT2D eigenvalue weighted by Gasteiger charge is -2.13. The fourth-order valence-electron chi connectivity index (χ4n) is 1.02.